The maximum Gasteiger partial charge on any atom is 0.481 e. The number of aliphatic hydroxyl groups excluding tert-OH is 2. The van der Waals surface area contributed by atoms with Crippen molar-refractivity contribution in [2.45, 2.75) is 237 Å². The monoisotopic (exact) mass is 1040 g/mol. The zero-order valence-electron chi connectivity index (χ0n) is 42.2. The zero-order chi connectivity index (χ0) is 51.2. The van der Waals surface area contributed by atoms with Crippen molar-refractivity contribution in [2.75, 3.05) is 25.6 Å². The molecule has 3 heterocycles. The Labute approximate surface area is 416 Å². The third-order valence-corrected chi connectivity index (χ3v) is 15.1. The fraction of sp³-hybridized carbons (Fsp3) is 0.837. The van der Waals surface area contributed by atoms with E-state index in [2.05, 4.69) is 42.2 Å². The van der Waals surface area contributed by atoms with E-state index in [0.29, 0.717) is 25.0 Å². The van der Waals surface area contributed by atoms with Crippen LogP contribution in [0.15, 0.2) is 29.2 Å². The first kappa shape index (κ1) is 61.8. The maximum absolute atomic E-state index is 12.9. The average Bonchev–Trinajstić information content (AvgIpc) is 3.99. The number of ether oxygens (including phenoxy) is 4. The first-order valence-corrected chi connectivity index (χ1v) is 29.2. The van der Waals surface area contributed by atoms with Crippen LogP contribution in [0.5, 0.6) is 0 Å². The highest BCUT2D eigenvalue weighted by Gasteiger charge is 2.46. The SMILES string of the molecule is CCCCCC1OC1C/C=C\CCCCCCCC(=O)OC[C@H](COP(=O)(O)OP(=O)(O)OC[C@H]1O[C@@H](n2ccc(N)nc2=O)[C@H](O)[C@@H]1O)OC(=O)CCCCCCCCCCCCCCCC(C)C. The number of anilines is 1. The lowest BCUT2D eigenvalue weighted by molar-refractivity contribution is -0.161. The van der Waals surface area contributed by atoms with Crippen molar-refractivity contribution in [3.8, 4) is 0 Å². The number of nitrogens with zero attached hydrogens (tertiary/aromatic N) is 2. The van der Waals surface area contributed by atoms with Crippen LogP contribution >= 0.6 is 15.6 Å². The predicted molar refractivity (Wildman–Crippen MR) is 265 cm³/mol. The molecular formula is C49H87N3O16P2. The summed E-state index contributed by atoms with van der Waals surface area (Å²) in [4.78, 5) is 62.0. The Morgan fingerprint density at radius 2 is 1.33 bits per heavy atom. The van der Waals surface area contributed by atoms with Gasteiger partial charge in [0.05, 0.1) is 25.4 Å². The van der Waals surface area contributed by atoms with Crippen LogP contribution in [0, 0.1) is 5.92 Å². The molecule has 2 aliphatic rings. The summed E-state index contributed by atoms with van der Waals surface area (Å²) in [6.45, 7) is 4.44. The molecule has 2 aliphatic heterocycles. The molecule has 0 bridgehead atoms. The topological polar surface area (TPSA) is 278 Å². The highest BCUT2D eigenvalue weighted by atomic mass is 31.3. The van der Waals surface area contributed by atoms with Gasteiger partial charge in [-0.05, 0) is 50.5 Å². The Bertz CT molecular complexity index is 1800. The third kappa shape index (κ3) is 27.5. The van der Waals surface area contributed by atoms with Gasteiger partial charge in [0, 0.05) is 19.0 Å². The summed E-state index contributed by atoms with van der Waals surface area (Å²) in [6.07, 6.45) is 26.1. The normalized spacial score (nSPS) is 22.3. The van der Waals surface area contributed by atoms with Crippen molar-refractivity contribution in [3.05, 3.63) is 34.9 Å². The quantitative estimate of drug-likeness (QED) is 0.0134. The zero-order valence-corrected chi connectivity index (χ0v) is 44.0. The van der Waals surface area contributed by atoms with Gasteiger partial charge in [0.25, 0.3) is 0 Å². The van der Waals surface area contributed by atoms with Crippen LogP contribution in [0.25, 0.3) is 0 Å². The number of rotatable bonds is 42. The van der Waals surface area contributed by atoms with Gasteiger partial charge in [-0.1, -0.05) is 155 Å². The van der Waals surface area contributed by atoms with E-state index in [4.69, 9.17) is 33.7 Å². The number of carbonyl (C=O) groups excluding carboxylic acids is 2. The molecule has 19 nitrogen and oxygen atoms in total. The minimum atomic E-state index is -5.43. The third-order valence-electron chi connectivity index (χ3n) is 12.5. The minimum absolute atomic E-state index is 0.0486. The van der Waals surface area contributed by atoms with E-state index in [-0.39, 0.29) is 18.7 Å². The van der Waals surface area contributed by atoms with Crippen LogP contribution in [-0.2, 0) is 51.0 Å². The van der Waals surface area contributed by atoms with Gasteiger partial charge in [0.1, 0.15) is 30.7 Å². The molecule has 0 spiro atoms. The predicted octanol–water partition coefficient (Wildman–Crippen LogP) is 9.68. The second-order valence-corrected chi connectivity index (χ2v) is 22.3. The van der Waals surface area contributed by atoms with Gasteiger partial charge in [-0.25, -0.2) is 13.9 Å². The number of unbranched alkanes of at least 4 members (excludes halogenated alkanes) is 19. The molecule has 3 rings (SSSR count). The van der Waals surface area contributed by atoms with Gasteiger partial charge in [-0.3, -0.25) is 23.2 Å². The van der Waals surface area contributed by atoms with Crippen molar-refractivity contribution in [1.82, 2.24) is 9.55 Å². The van der Waals surface area contributed by atoms with E-state index in [0.717, 1.165) is 81.1 Å². The number of carbonyl (C=O) groups is 2. The number of allylic oxidation sites excluding steroid dienone is 1. The van der Waals surface area contributed by atoms with Crippen molar-refractivity contribution in [2.24, 2.45) is 5.92 Å². The van der Waals surface area contributed by atoms with Crippen LogP contribution in [0.4, 0.5) is 5.82 Å². The van der Waals surface area contributed by atoms with E-state index >= 15 is 0 Å². The van der Waals surface area contributed by atoms with E-state index in [9.17, 15) is 43.5 Å². The summed E-state index contributed by atoms with van der Waals surface area (Å²) in [7, 11) is -10.8. The molecule has 0 aliphatic carbocycles. The number of phosphoric acid groups is 2. The van der Waals surface area contributed by atoms with Crippen molar-refractivity contribution >= 4 is 33.4 Å². The molecule has 2 saturated heterocycles. The molecule has 4 unspecified atom stereocenters. The van der Waals surface area contributed by atoms with Crippen molar-refractivity contribution < 1.29 is 71.0 Å². The molecule has 0 aromatic carbocycles. The van der Waals surface area contributed by atoms with Crippen molar-refractivity contribution in [1.29, 1.82) is 0 Å². The molecular weight excluding hydrogens is 948 g/mol. The second-order valence-electron chi connectivity index (χ2n) is 19.2. The summed E-state index contributed by atoms with van der Waals surface area (Å²) in [5, 5.41) is 20.9. The van der Waals surface area contributed by atoms with E-state index in [1.165, 1.54) is 89.3 Å². The summed E-state index contributed by atoms with van der Waals surface area (Å²) in [5.41, 5.74) is 4.59. The van der Waals surface area contributed by atoms with Gasteiger partial charge in [0.15, 0.2) is 12.3 Å². The Kier molecular flexibility index (Phi) is 30.7. The fourth-order valence-corrected chi connectivity index (χ4v) is 10.4. The average molecular weight is 1040 g/mol. The number of nitrogen functional groups attached to an aromatic ring is 1. The van der Waals surface area contributed by atoms with E-state index < -0.39 is 83.7 Å². The van der Waals surface area contributed by atoms with Gasteiger partial charge in [-0.2, -0.15) is 9.29 Å². The number of phosphoric ester groups is 2. The summed E-state index contributed by atoms with van der Waals surface area (Å²) < 4.78 is 62.6. The highest BCUT2D eigenvalue weighted by Crippen LogP contribution is 2.60. The first-order valence-electron chi connectivity index (χ1n) is 26.2. The molecule has 1 aromatic heterocycles. The molecule has 404 valence electrons. The van der Waals surface area contributed by atoms with Gasteiger partial charge >= 0.3 is 33.3 Å². The Hall–Kier alpha value is -2.54. The molecule has 21 heteroatoms. The van der Waals surface area contributed by atoms with E-state index in [1.807, 2.05) is 0 Å². The lowest BCUT2D eigenvalue weighted by atomic mass is 10.0. The summed E-state index contributed by atoms with van der Waals surface area (Å²) in [5.74, 6) is -0.525. The lowest BCUT2D eigenvalue weighted by Crippen LogP contribution is -2.36. The molecule has 2 fully saturated rings. The summed E-state index contributed by atoms with van der Waals surface area (Å²) in [6, 6.07) is 1.25. The molecule has 0 radical (unpaired) electrons. The molecule has 70 heavy (non-hydrogen) atoms. The molecule has 0 saturated carbocycles. The maximum atomic E-state index is 12.9. The van der Waals surface area contributed by atoms with Crippen LogP contribution in [0.2, 0.25) is 0 Å². The fourth-order valence-electron chi connectivity index (χ4n) is 8.27. The summed E-state index contributed by atoms with van der Waals surface area (Å²) >= 11 is 0. The van der Waals surface area contributed by atoms with Crippen LogP contribution < -0.4 is 11.4 Å². The standard InChI is InChI=1S/C49H87N3O16P2/c1-4-5-23-29-40-41(66-40)30-25-20-16-13-14-17-21-26-31-44(53)62-35-39(65-45(54)32-27-22-18-12-10-8-6-7-9-11-15-19-24-28-38(2)3)36-63-69(58,59)68-70(60,61)64-37-42-46(55)47(56)48(67-42)52-34-33-43(50)51-49(52)57/h20,25,33-34,38-42,46-48,55-56H,4-19,21-24,26-32,35-37H2,1-3H3,(H,58,59)(H,60,61)(H2,50,51,57)/b25-20-/t39-,40?,41?,42-,46-,47-,48-/m1/s1. The highest BCUT2D eigenvalue weighted by molar-refractivity contribution is 7.61. The number of aromatic nitrogens is 2. The number of nitrogens with two attached hydrogens (primary N) is 1. The molecule has 6 N–H and O–H groups in total. The minimum Gasteiger partial charge on any atom is -0.462 e. The van der Waals surface area contributed by atoms with Crippen LogP contribution in [0.1, 0.15) is 200 Å². The smallest absolute Gasteiger partial charge is 0.462 e. The van der Waals surface area contributed by atoms with Crippen molar-refractivity contribution in [3.63, 3.8) is 0 Å². The first-order chi connectivity index (χ1) is 33.5. The molecule has 9 atom stereocenters. The molecule has 1 aromatic rings. The Morgan fingerprint density at radius 3 is 1.94 bits per heavy atom. The number of hydrogen-bond acceptors (Lipinski definition) is 16. The van der Waals surface area contributed by atoms with Crippen LogP contribution in [-0.4, -0.2) is 97.9 Å². The van der Waals surface area contributed by atoms with E-state index in [1.54, 1.807) is 0 Å². The number of esters is 2. The number of hydrogen-bond donors (Lipinski definition) is 5. The molecule has 0 amide bonds. The van der Waals surface area contributed by atoms with Gasteiger partial charge < -0.3 is 44.7 Å². The largest absolute Gasteiger partial charge is 0.481 e. The number of aliphatic hydroxyl groups is 2. The second kappa shape index (κ2) is 34.8. The Morgan fingerprint density at radius 1 is 0.743 bits per heavy atom. The Balaban J connectivity index is 1.38. The number of epoxide rings is 1. The van der Waals surface area contributed by atoms with Gasteiger partial charge in [-0.15, -0.1) is 0 Å². The van der Waals surface area contributed by atoms with Crippen LogP contribution in [0.3, 0.4) is 0 Å². The lowest BCUT2D eigenvalue weighted by Gasteiger charge is -2.21. The van der Waals surface area contributed by atoms with Gasteiger partial charge in [0.2, 0.25) is 0 Å².